The van der Waals surface area contributed by atoms with E-state index in [0.717, 1.165) is 30.6 Å². The average Bonchev–Trinajstić information content (AvgIpc) is 3.09. The quantitative estimate of drug-likeness (QED) is 0.576. The lowest BCUT2D eigenvalue weighted by atomic mass is 9.82. The minimum Gasteiger partial charge on any atom is -0.494 e. The van der Waals surface area contributed by atoms with E-state index in [1.54, 1.807) is 4.90 Å². The minimum atomic E-state index is -0.0307. The van der Waals surface area contributed by atoms with E-state index in [4.69, 9.17) is 4.74 Å². The van der Waals surface area contributed by atoms with E-state index in [1.807, 2.05) is 31.2 Å². The Labute approximate surface area is 148 Å². The van der Waals surface area contributed by atoms with Crippen LogP contribution in [-0.4, -0.2) is 47.8 Å². The molecule has 0 bridgehead atoms. The summed E-state index contributed by atoms with van der Waals surface area (Å²) >= 11 is 0. The van der Waals surface area contributed by atoms with Crippen molar-refractivity contribution in [1.82, 2.24) is 21.3 Å². The molecule has 3 atom stereocenters. The Morgan fingerprint density at radius 3 is 2.96 bits per heavy atom. The molecule has 1 amide bonds. The fraction of sp³-hybridized carbons (Fsp3) is 0.611. The Kier molecular flexibility index (Phi) is 6.25. The highest BCUT2D eigenvalue weighted by atomic mass is 16.5. The number of amides is 1. The molecule has 138 valence electrons. The van der Waals surface area contributed by atoms with Crippen LogP contribution in [-0.2, 0) is 11.3 Å². The van der Waals surface area contributed by atoms with Crippen LogP contribution in [0.1, 0.15) is 31.7 Å². The molecule has 1 saturated carbocycles. The number of aliphatic hydroxyl groups excluding tert-OH is 1. The van der Waals surface area contributed by atoms with Crippen LogP contribution in [0, 0.1) is 5.92 Å². The summed E-state index contributed by atoms with van der Waals surface area (Å²) in [6.07, 6.45) is 2.65. The Balaban J connectivity index is 1.65. The lowest BCUT2D eigenvalue weighted by molar-refractivity contribution is -0.138. The van der Waals surface area contributed by atoms with Crippen LogP contribution < -0.4 is 21.1 Å². The van der Waals surface area contributed by atoms with Crippen molar-refractivity contribution < 1.29 is 14.6 Å². The number of rotatable bonds is 7. The van der Waals surface area contributed by atoms with E-state index in [0.29, 0.717) is 25.7 Å². The smallest absolute Gasteiger partial charge is 0.226 e. The maximum atomic E-state index is 13.0. The van der Waals surface area contributed by atoms with Crippen molar-refractivity contribution in [2.45, 2.75) is 44.8 Å². The zero-order valence-electron chi connectivity index (χ0n) is 14.7. The van der Waals surface area contributed by atoms with E-state index in [2.05, 4.69) is 16.4 Å². The molecule has 2 fully saturated rings. The number of fused-ring (bicyclic) bond motifs is 1. The van der Waals surface area contributed by atoms with Crippen LogP contribution in [0.25, 0.3) is 0 Å². The van der Waals surface area contributed by atoms with Gasteiger partial charge in [0.1, 0.15) is 5.75 Å². The number of aliphatic hydroxyl groups is 1. The van der Waals surface area contributed by atoms with E-state index >= 15 is 0 Å². The molecule has 3 rings (SSSR count). The van der Waals surface area contributed by atoms with Crippen LogP contribution in [0.15, 0.2) is 24.3 Å². The molecule has 4 N–H and O–H groups in total. The first-order chi connectivity index (χ1) is 12.2. The van der Waals surface area contributed by atoms with Crippen molar-refractivity contribution in [3.8, 4) is 5.75 Å². The van der Waals surface area contributed by atoms with E-state index in [9.17, 15) is 9.90 Å². The summed E-state index contributed by atoms with van der Waals surface area (Å²) in [4.78, 5) is 14.8. The van der Waals surface area contributed by atoms with Gasteiger partial charge in [0, 0.05) is 31.1 Å². The third-order valence-electron chi connectivity index (χ3n) is 4.98. The number of nitrogens with one attached hydrogen (secondary N) is 3. The van der Waals surface area contributed by atoms with Gasteiger partial charge in [-0.1, -0.05) is 12.1 Å². The molecule has 0 radical (unpaired) electrons. The summed E-state index contributed by atoms with van der Waals surface area (Å²) in [5.74, 6) is 0.935. The predicted octanol–water partition coefficient (Wildman–Crippen LogP) is 0.556. The lowest BCUT2D eigenvalue weighted by Crippen LogP contribution is -2.46. The molecule has 1 aliphatic carbocycles. The van der Waals surface area contributed by atoms with E-state index in [-0.39, 0.29) is 24.5 Å². The predicted molar refractivity (Wildman–Crippen MR) is 94.4 cm³/mol. The summed E-state index contributed by atoms with van der Waals surface area (Å²) in [7, 11) is 0. The molecular formula is C18H28N4O3. The fourth-order valence-electron chi connectivity index (χ4n) is 3.72. The number of ether oxygens (including phenoxy) is 1. The highest BCUT2D eigenvalue weighted by Crippen LogP contribution is 2.28. The molecule has 0 spiro atoms. The monoisotopic (exact) mass is 348 g/mol. The molecule has 7 nitrogen and oxygen atoms in total. The Morgan fingerprint density at radius 1 is 1.32 bits per heavy atom. The minimum absolute atomic E-state index is 0.00271. The van der Waals surface area contributed by atoms with Gasteiger partial charge in [0.15, 0.2) is 0 Å². The summed E-state index contributed by atoms with van der Waals surface area (Å²) in [5, 5.41) is 9.40. The maximum absolute atomic E-state index is 13.0. The second-order valence-corrected chi connectivity index (χ2v) is 6.70. The normalized spacial score (nSPS) is 25.4. The SMILES string of the molecule is CCOc1cccc(CN(CCO)C(=O)C2CCC3NNNC3C2)c1. The standard InChI is InChI=1S/C18H28N4O3/c1-2-25-15-5-3-4-13(10-15)12-22(8-9-23)18(24)14-6-7-16-17(11-14)20-21-19-16/h3-5,10,14,16-17,19-21,23H,2,6-9,11-12H2,1H3. The fourth-order valence-corrected chi connectivity index (χ4v) is 3.72. The van der Waals surface area contributed by atoms with Crippen molar-refractivity contribution in [2.24, 2.45) is 5.92 Å². The molecule has 7 heteroatoms. The Morgan fingerprint density at radius 2 is 2.16 bits per heavy atom. The number of carbonyl (C=O) groups excluding carboxylic acids is 1. The van der Waals surface area contributed by atoms with Crippen LogP contribution in [0.5, 0.6) is 5.75 Å². The van der Waals surface area contributed by atoms with Gasteiger partial charge in [0.2, 0.25) is 5.91 Å². The van der Waals surface area contributed by atoms with Crippen LogP contribution in [0.2, 0.25) is 0 Å². The summed E-state index contributed by atoms with van der Waals surface area (Å²) in [6.45, 7) is 3.38. The van der Waals surface area contributed by atoms with Gasteiger partial charge in [-0.2, -0.15) is 5.53 Å². The molecule has 3 unspecified atom stereocenters. The van der Waals surface area contributed by atoms with Gasteiger partial charge >= 0.3 is 0 Å². The molecule has 1 aliphatic heterocycles. The molecular weight excluding hydrogens is 320 g/mol. The number of hydrazine groups is 2. The number of hydrogen-bond donors (Lipinski definition) is 4. The zero-order chi connectivity index (χ0) is 17.6. The first kappa shape index (κ1) is 18.1. The summed E-state index contributed by atoms with van der Waals surface area (Å²) in [5.41, 5.74) is 10.4. The van der Waals surface area contributed by atoms with Gasteiger partial charge in [-0.25, -0.2) is 10.9 Å². The second-order valence-electron chi connectivity index (χ2n) is 6.70. The molecule has 1 aromatic rings. The molecule has 25 heavy (non-hydrogen) atoms. The van der Waals surface area contributed by atoms with Gasteiger partial charge in [-0.05, 0) is 43.9 Å². The highest BCUT2D eigenvalue weighted by Gasteiger charge is 2.37. The van der Waals surface area contributed by atoms with Crippen molar-refractivity contribution in [3.05, 3.63) is 29.8 Å². The third-order valence-corrected chi connectivity index (χ3v) is 4.98. The van der Waals surface area contributed by atoms with E-state index in [1.165, 1.54) is 0 Å². The first-order valence-corrected chi connectivity index (χ1v) is 9.08. The molecule has 0 aromatic heterocycles. The Hall–Kier alpha value is -1.67. The first-order valence-electron chi connectivity index (χ1n) is 9.08. The van der Waals surface area contributed by atoms with Gasteiger partial charge in [0.25, 0.3) is 0 Å². The maximum Gasteiger partial charge on any atom is 0.226 e. The average molecular weight is 348 g/mol. The third kappa shape index (κ3) is 4.49. The molecule has 1 heterocycles. The van der Waals surface area contributed by atoms with Crippen molar-refractivity contribution >= 4 is 5.91 Å². The zero-order valence-corrected chi connectivity index (χ0v) is 14.7. The molecule has 1 aromatic carbocycles. The number of carbonyl (C=O) groups is 1. The van der Waals surface area contributed by atoms with Gasteiger partial charge in [-0.3, -0.25) is 4.79 Å². The van der Waals surface area contributed by atoms with Crippen molar-refractivity contribution in [1.29, 1.82) is 0 Å². The van der Waals surface area contributed by atoms with Crippen molar-refractivity contribution in [3.63, 3.8) is 0 Å². The Bertz CT molecular complexity index is 583. The highest BCUT2D eigenvalue weighted by molar-refractivity contribution is 5.79. The van der Waals surface area contributed by atoms with Gasteiger partial charge in [-0.15, -0.1) is 0 Å². The lowest BCUT2D eigenvalue weighted by Gasteiger charge is -2.33. The second kappa shape index (κ2) is 8.62. The summed E-state index contributed by atoms with van der Waals surface area (Å²) in [6, 6.07) is 8.47. The topological polar surface area (TPSA) is 85.9 Å². The van der Waals surface area contributed by atoms with Crippen LogP contribution in [0.4, 0.5) is 0 Å². The summed E-state index contributed by atoms with van der Waals surface area (Å²) < 4.78 is 5.54. The van der Waals surface area contributed by atoms with E-state index < -0.39 is 0 Å². The van der Waals surface area contributed by atoms with Crippen molar-refractivity contribution in [2.75, 3.05) is 19.8 Å². The molecule has 1 saturated heterocycles. The number of nitrogens with zero attached hydrogens (tertiary/aromatic N) is 1. The van der Waals surface area contributed by atoms with Crippen LogP contribution >= 0.6 is 0 Å². The number of hydrogen-bond acceptors (Lipinski definition) is 6. The van der Waals surface area contributed by atoms with Crippen LogP contribution in [0.3, 0.4) is 0 Å². The largest absolute Gasteiger partial charge is 0.494 e. The van der Waals surface area contributed by atoms with Gasteiger partial charge in [0.05, 0.1) is 13.2 Å². The number of benzene rings is 1. The van der Waals surface area contributed by atoms with Gasteiger partial charge < -0.3 is 14.7 Å². The molecule has 2 aliphatic rings.